The Morgan fingerprint density at radius 1 is 0.966 bits per heavy atom. The fourth-order valence-corrected chi connectivity index (χ4v) is 3.13. The quantitative estimate of drug-likeness (QED) is 0.591. The Labute approximate surface area is 170 Å². The van der Waals surface area contributed by atoms with Gasteiger partial charge < -0.3 is 15.2 Å². The number of phenols is 1. The van der Waals surface area contributed by atoms with Gasteiger partial charge in [-0.2, -0.15) is 0 Å². The highest BCUT2D eigenvalue weighted by atomic mass is 16.5. The minimum Gasteiger partial charge on any atom is -0.507 e. The minimum absolute atomic E-state index is 0.0421. The molecule has 3 rings (SSSR count). The van der Waals surface area contributed by atoms with E-state index in [1.54, 1.807) is 6.07 Å². The van der Waals surface area contributed by atoms with Crippen LogP contribution in [-0.4, -0.2) is 29.1 Å². The number of aromatic hydroxyl groups is 1. The molecule has 0 spiro atoms. The summed E-state index contributed by atoms with van der Waals surface area (Å²) in [7, 11) is 0. The summed E-state index contributed by atoms with van der Waals surface area (Å²) in [5, 5.41) is 14.7. The van der Waals surface area contributed by atoms with Crippen molar-refractivity contribution in [3.8, 4) is 5.75 Å². The molecule has 0 bridgehead atoms. The number of benzene rings is 3. The van der Waals surface area contributed by atoms with Crippen LogP contribution in [0.2, 0.25) is 0 Å². The number of carbonyl (C=O) groups excluding carboxylic acids is 2. The van der Waals surface area contributed by atoms with Crippen molar-refractivity contribution in [2.24, 2.45) is 0 Å². The van der Waals surface area contributed by atoms with Crippen molar-refractivity contribution in [3.05, 3.63) is 77.9 Å². The Bertz CT molecular complexity index is 1000. The highest BCUT2D eigenvalue weighted by Crippen LogP contribution is 2.25. The van der Waals surface area contributed by atoms with Crippen LogP contribution in [0.4, 0.5) is 0 Å². The van der Waals surface area contributed by atoms with Crippen LogP contribution in [0.1, 0.15) is 36.2 Å². The lowest BCUT2D eigenvalue weighted by atomic mass is 10.1. The van der Waals surface area contributed by atoms with E-state index in [1.807, 2.05) is 49.4 Å². The maximum atomic E-state index is 12.5. The molecule has 0 aliphatic heterocycles. The van der Waals surface area contributed by atoms with Crippen LogP contribution < -0.4 is 5.32 Å². The molecule has 1 amide bonds. The first kappa shape index (κ1) is 20.4. The molecule has 0 unspecified atom stereocenters. The Balaban J connectivity index is 1.56. The number of hydrogen-bond donors (Lipinski definition) is 2. The van der Waals surface area contributed by atoms with Gasteiger partial charge in [-0.1, -0.05) is 54.6 Å². The summed E-state index contributed by atoms with van der Waals surface area (Å²) in [4.78, 5) is 24.8. The number of fused-ring (bicyclic) bond motifs is 1. The van der Waals surface area contributed by atoms with Gasteiger partial charge in [0.25, 0.3) is 5.91 Å². The topological polar surface area (TPSA) is 75.6 Å². The van der Waals surface area contributed by atoms with E-state index in [0.717, 1.165) is 23.6 Å². The molecular formula is C24H25NO4. The predicted molar refractivity (Wildman–Crippen MR) is 113 cm³/mol. The average molecular weight is 391 g/mol. The third kappa shape index (κ3) is 5.35. The molecule has 150 valence electrons. The molecule has 0 aliphatic carbocycles. The van der Waals surface area contributed by atoms with Crippen LogP contribution in [-0.2, 0) is 16.0 Å². The van der Waals surface area contributed by atoms with E-state index in [9.17, 15) is 14.7 Å². The maximum absolute atomic E-state index is 12.5. The molecule has 0 fully saturated rings. The summed E-state index contributed by atoms with van der Waals surface area (Å²) >= 11 is 0. The Hall–Kier alpha value is -3.34. The first-order valence-corrected chi connectivity index (χ1v) is 9.71. The number of rotatable bonds is 7. The van der Waals surface area contributed by atoms with E-state index < -0.39 is 12.1 Å². The second-order valence-corrected chi connectivity index (χ2v) is 7.20. The van der Waals surface area contributed by atoms with Crippen LogP contribution in [0, 0.1) is 0 Å². The van der Waals surface area contributed by atoms with Crippen molar-refractivity contribution in [3.63, 3.8) is 0 Å². The van der Waals surface area contributed by atoms with Crippen LogP contribution in [0.3, 0.4) is 0 Å². The van der Waals surface area contributed by atoms with Gasteiger partial charge in [0.2, 0.25) is 0 Å². The van der Waals surface area contributed by atoms with E-state index in [0.29, 0.717) is 0 Å². The van der Waals surface area contributed by atoms with E-state index in [1.165, 1.54) is 18.6 Å². The van der Waals surface area contributed by atoms with E-state index >= 15 is 0 Å². The van der Waals surface area contributed by atoms with Crippen molar-refractivity contribution in [2.75, 3.05) is 0 Å². The predicted octanol–water partition coefficient (Wildman–Crippen LogP) is 4.23. The first-order valence-electron chi connectivity index (χ1n) is 9.71. The van der Waals surface area contributed by atoms with Gasteiger partial charge in [-0.25, -0.2) is 4.79 Å². The molecule has 3 aromatic rings. The summed E-state index contributed by atoms with van der Waals surface area (Å²) < 4.78 is 5.28. The van der Waals surface area contributed by atoms with Crippen molar-refractivity contribution in [1.82, 2.24) is 5.32 Å². The van der Waals surface area contributed by atoms with Gasteiger partial charge in [0.1, 0.15) is 11.3 Å². The zero-order valence-corrected chi connectivity index (χ0v) is 16.6. The number of esters is 1. The molecule has 29 heavy (non-hydrogen) atoms. The van der Waals surface area contributed by atoms with Crippen molar-refractivity contribution >= 4 is 22.6 Å². The lowest BCUT2D eigenvalue weighted by Crippen LogP contribution is -2.41. The molecule has 0 heterocycles. The van der Waals surface area contributed by atoms with Crippen LogP contribution >= 0.6 is 0 Å². The third-order valence-electron chi connectivity index (χ3n) is 4.83. The largest absolute Gasteiger partial charge is 0.507 e. The smallest absolute Gasteiger partial charge is 0.342 e. The Morgan fingerprint density at radius 3 is 2.28 bits per heavy atom. The van der Waals surface area contributed by atoms with Gasteiger partial charge in [-0.15, -0.1) is 0 Å². The zero-order valence-electron chi connectivity index (χ0n) is 16.6. The minimum atomic E-state index is -0.965. The first-order chi connectivity index (χ1) is 13.9. The van der Waals surface area contributed by atoms with Crippen LogP contribution in [0.5, 0.6) is 5.75 Å². The SMILES string of the molecule is C[C@@H](CCc1ccccc1)NC(=O)[C@@H](C)OC(=O)c1cc2ccccc2cc1O. The number of amides is 1. The number of carbonyl (C=O) groups is 2. The second kappa shape index (κ2) is 9.24. The molecule has 0 radical (unpaired) electrons. The monoisotopic (exact) mass is 391 g/mol. The van der Waals surface area contributed by atoms with Gasteiger partial charge in [0.05, 0.1) is 0 Å². The van der Waals surface area contributed by atoms with Gasteiger partial charge in [-0.05, 0) is 55.2 Å². The number of aryl methyl sites for hydroxylation is 1. The molecule has 2 N–H and O–H groups in total. The second-order valence-electron chi connectivity index (χ2n) is 7.20. The molecule has 5 nitrogen and oxygen atoms in total. The summed E-state index contributed by atoms with van der Waals surface area (Å²) in [5.41, 5.74) is 1.25. The molecule has 3 aromatic carbocycles. The molecule has 0 saturated carbocycles. The fraction of sp³-hybridized carbons (Fsp3) is 0.250. The Morgan fingerprint density at radius 2 is 1.59 bits per heavy atom. The summed E-state index contributed by atoms with van der Waals surface area (Å²) in [6.45, 7) is 3.44. The highest BCUT2D eigenvalue weighted by Gasteiger charge is 2.22. The molecule has 0 saturated heterocycles. The van der Waals surface area contributed by atoms with Crippen molar-refractivity contribution < 1.29 is 19.4 Å². The number of hydrogen-bond acceptors (Lipinski definition) is 4. The van der Waals surface area contributed by atoms with E-state index in [-0.39, 0.29) is 23.3 Å². The molecule has 0 aromatic heterocycles. The summed E-state index contributed by atoms with van der Waals surface area (Å²) in [6, 6.07) is 20.5. The standard InChI is InChI=1S/C24H25NO4/c1-16(12-13-18-8-4-3-5-9-18)25-23(27)17(2)29-24(28)21-14-19-10-6-7-11-20(19)15-22(21)26/h3-11,14-17,26H,12-13H2,1-2H3,(H,25,27)/t16-,17+/m0/s1. The lowest BCUT2D eigenvalue weighted by molar-refractivity contribution is -0.129. The molecular weight excluding hydrogens is 366 g/mol. The number of phenolic OH excluding ortho intramolecular Hbond substituents is 1. The van der Waals surface area contributed by atoms with Crippen LogP contribution in [0.15, 0.2) is 66.7 Å². The molecule has 5 heteroatoms. The fourth-order valence-electron chi connectivity index (χ4n) is 3.13. The maximum Gasteiger partial charge on any atom is 0.342 e. The van der Waals surface area contributed by atoms with Crippen molar-refractivity contribution in [1.29, 1.82) is 0 Å². The zero-order chi connectivity index (χ0) is 20.8. The normalized spacial score (nSPS) is 12.9. The Kier molecular flexibility index (Phi) is 6.50. The van der Waals surface area contributed by atoms with Gasteiger partial charge >= 0.3 is 5.97 Å². The van der Waals surface area contributed by atoms with Crippen molar-refractivity contribution in [2.45, 2.75) is 38.8 Å². The third-order valence-corrected chi connectivity index (χ3v) is 4.83. The van der Waals surface area contributed by atoms with Gasteiger partial charge in [0, 0.05) is 6.04 Å². The average Bonchev–Trinajstić information content (AvgIpc) is 2.72. The van der Waals surface area contributed by atoms with Gasteiger partial charge in [-0.3, -0.25) is 4.79 Å². The van der Waals surface area contributed by atoms with Crippen LogP contribution in [0.25, 0.3) is 10.8 Å². The van der Waals surface area contributed by atoms with Gasteiger partial charge in [0.15, 0.2) is 6.10 Å². The summed E-state index contributed by atoms with van der Waals surface area (Å²) in [5.74, 6) is -1.26. The van der Waals surface area contributed by atoms with E-state index in [4.69, 9.17) is 4.74 Å². The molecule has 2 atom stereocenters. The number of nitrogens with one attached hydrogen (secondary N) is 1. The summed E-state index contributed by atoms with van der Waals surface area (Å²) in [6.07, 6.45) is 0.663. The lowest BCUT2D eigenvalue weighted by Gasteiger charge is -2.18. The number of ether oxygens (including phenoxy) is 1. The van der Waals surface area contributed by atoms with E-state index in [2.05, 4.69) is 17.4 Å². The highest BCUT2D eigenvalue weighted by molar-refractivity contribution is 5.99. The molecule has 0 aliphatic rings.